The van der Waals surface area contributed by atoms with E-state index in [1.54, 1.807) is 0 Å². The third-order valence-electron chi connectivity index (χ3n) is 3.87. The highest BCUT2D eigenvalue weighted by Crippen LogP contribution is 2.21. The lowest BCUT2D eigenvalue weighted by Crippen LogP contribution is -2.01. The van der Waals surface area contributed by atoms with E-state index in [1.807, 2.05) is 12.1 Å². The standard InChI is InChI=1S/C18H20N2/c1-2-15-4-3-5-16-11-13-20(18(15)16)12-10-14-6-8-17(19)9-7-14/h3-9,11,13H,2,10,12,19H2,1H3. The van der Waals surface area contributed by atoms with Crippen molar-refractivity contribution < 1.29 is 0 Å². The minimum atomic E-state index is 0.827. The average Bonchev–Trinajstić information content (AvgIpc) is 2.90. The predicted molar refractivity (Wildman–Crippen MR) is 85.9 cm³/mol. The fourth-order valence-corrected chi connectivity index (χ4v) is 2.75. The van der Waals surface area contributed by atoms with E-state index in [2.05, 4.69) is 54.1 Å². The van der Waals surface area contributed by atoms with Crippen molar-refractivity contribution in [1.82, 2.24) is 4.57 Å². The van der Waals surface area contributed by atoms with Crippen molar-refractivity contribution in [2.24, 2.45) is 0 Å². The second-order valence-electron chi connectivity index (χ2n) is 5.21. The number of nitrogens with zero attached hydrogens (tertiary/aromatic N) is 1. The van der Waals surface area contributed by atoms with Gasteiger partial charge in [-0.2, -0.15) is 0 Å². The number of rotatable bonds is 4. The molecule has 2 N–H and O–H groups in total. The van der Waals surface area contributed by atoms with E-state index in [1.165, 1.54) is 22.0 Å². The van der Waals surface area contributed by atoms with E-state index in [0.29, 0.717) is 0 Å². The van der Waals surface area contributed by atoms with Gasteiger partial charge in [-0.25, -0.2) is 0 Å². The Kier molecular flexibility index (Phi) is 3.46. The zero-order valence-corrected chi connectivity index (χ0v) is 11.8. The van der Waals surface area contributed by atoms with Gasteiger partial charge in [-0.15, -0.1) is 0 Å². The van der Waals surface area contributed by atoms with Crippen molar-refractivity contribution in [2.45, 2.75) is 26.3 Å². The number of para-hydroxylation sites is 1. The number of aryl methyl sites for hydroxylation is 3. The number of anilines is 1. The summed E-state index contributed by atoms with van der Waals surface area (Å²) in [4.78, 5) is 0. The number of benzene rings is 2. The van der Waals surface area contributed by atoms with Crippen molar-refractivity contribution in [3.05, 3.63) is 65.9 Å². The van der Waals surface area contributed by atoms with E-state index in [-0.39, 0.29) is 0 Å². The summed E-state index contributed by atoms with van der Waals surface area (Å²) in [6.45, 7) is 3.22. The summed E-state index contributed by atoms with van der Waals surface area (Å²) in [6.07, 6.45) is 4.30. The Hall–Kier alpha value is -2.22. The van der Waals surface area contributed by atoms with Gasteiger partial charge in [0.2, 0.25) is 0 Å². The number of hydrogen-bond donors (Lipinski definition) is 1. The minimum absolute atomic E-state index is 0.827. The first-order valence-corrected chi connectivity index (χ1v) is 7.19. The first-order valence-electron chi connectivity index (χ1n) is 7.19. The largest absolute Gasteiger partial charge is 0.399 e. The van der Waals surface area contributed by atoms with E-state index in [4.69, 9.17) is 5.73 Å². The lowest BCUT2D eigenvalue weighted by molar-refractivity contribution is 0.720. The van der Waals surface area contributed by atoms with Crippen molar-refractivity contribution in [2.75, 3.05) is 5.73 Å². The highest BCUT2D eigenvalue weighted by atomic mass is 14.9. The summed E-state index contributed by atoms with van der Waals surface area (Å²) in [6, 6.07) is 16.9. The third kappa shape index (κ3) is 2.42. The number of aromatic nitrogens is 1. The van der Waals surface area contributed by atoms with Gasteiger partial charge < -0.3 is 10.3 Å². The van der Waals surface area contributed by atoms with Gasteiger partial charge in [-0.3, -0.25) is 0 Å². The van der Waals surface area contributed by atoms with Crippen LogP contribution in [0.3, 0.4) is 0 Å². The second kappa shape index (κ2) is 5.41. The van der Waals surface area contributed by atoms with Gasteiger partial charge in [0, 0.05) is 18.4 Å². The molecule has 0 aliphatic heterocycles. The maximum absolute atomic E-state index is 5.72. The summed E-state index contributed by atoms with van der Waals surface area (Å²) in [5, 5.41) is 1.33. The maximum Gasteiger partial charge on any atom is 0.0512 e. The quantitative estimate of drug-likeness (QED) is 0.709. The molecule has 0 unspecified atom stereocenters. The molecule has 0 atom stereocenters. The monoisotopic (exact) mass is 264 g/mol. The molecule has 0 radical (unpaired) electrons. The van der Waals surface area contributed by atoms with Crippen LogP contribution in [0.1, 0.15) is 18.1 Å². The Morgan fingerprint density at radius 3 is 2.55 bits per heavy atom. The molecule has 102 valence electrons. The molecule has 0 aliphatic rings. The number of hydrogen-bond acceptors (Lipinski definition) is 1. The molecule has 0 fully saturated rings. The smallest absolute Gasteiger partial charge is 0.0512 e. The number of nitrogen functional groups attached to an aromatic ring is 1. The van der Waals surface area contributed by atoms with Gasteiger partial charge >= 0.3 is 0 Å². The molecule has 0 amide bonds. The summed E-state index contributed by atoms with van der Waals surface area (Å²) < 4.78 is 2.37. The van der Waals surface area contributed by atoms with Crippen LogP contribution in [-0.2, 0) is 19.4 Å². The minimum Gasteiger partial charge on any atom is -0.399 e. The molecular formula is C18H20N2. The predicted octanol–water partition coefficient (Wildman–Crippen LogP) is 4.03. The van der Waals surface area contributed by atoms with Gasteiger partial charge in [0.05, 0.1) is 5.52 Å². The molecule has 0 spiro atoms. The van der Waals surface area contributed by atoms with Crippen LogP contribution >= 0.6 is 0 Å². The van der Waals surface area contributed by atoms with Gasteiger partial charge in [0.25, 0.3) is 0 Å². The van der Waals surface area contributed by atoms with Gasteiger partial charge in [0.1, 0.15) is 0 Å². The molecule has 2 aromatic carbocycles. The molecular weight excluding hydrogens is 244 g/mol. The molecule has 0 bridgehead atoms. The van der Waals surface area contributed by atoms with Crippen LogP contribution in [0, 0.1) is 0 Å². The molecule has 3 rings (SSSR count). The average molecular weight is 264 g/mol. The van der Waals surface area contributed by atoms with Crippen LogP contribution in [-0.4, -0.2) is 4.57 Å². The van der Waals surface area contributed by atoms with E-state index in [9.17, 15) is 0 Å². The molecule has 3 aromatic rings. The molecule has 0 aliphatic carbocycles. The second-order valence-corrected chi connectivity index (χ2v) is 5.21. The zero-order chi connectivity index (χ0) is 13.9. The zero-order valence-electron chi connectivity index (χ0n) is 11.8. The molecule has 2 heteroatoms. The Bertz CT molecular complexity index is 708. The summed E-state index contributed by atoms with van der Waals surface area (Å²) in [7, 11) is 0. The molecule has 2 nitrogen and oxygen atoms in total. The SMILES string of the molecule is CCc1cccc2ccn(CCc3ccc(N)cc3)c12. The van der Waals surface area contributed by atoms with E-state index in [0.717, 1.165) is 25.1 Å². The lowest BCUT2D eigenvalue weighted by Gasteiger charge is -2.09. The molecule has 0 saturated carbocycles. The summed E-state index contributed by atoms with van der Waals surface area (Å²) in [5.74, 6) is 0. The van der Waals surface area contributed by atoms with Crippen molar-refractivity contribution >= 4 is 16.6 Å². The Morgan fingerprint density at radius 2 is 1.80 bits per heavy atom. The topological polar surface area (TPSA) is 30.9 Å². The first kappa shape index (κ1) is 12.8. The van der Waals surface area contributed by atoms with Crippen LogP contribution in [0.25, 0.3) is 10.9 Å². The highest BCUT2D eigenvalue weighted by Gasteiger charge is 2.05. The Labute approximate surface area is 119 Å². The molecule has 20 heavy (non-hydrogen) atoms. The van der Waals surface area contributed by atoms with Crippen LogP contribution < -0.4 is 5.73 Å². The van der Waals surface area contributed by atoms with Crippen LogP contribution in [0.15, 0.2) is 54.7 Å². The van der Waals surface area contributed by atoms with Crippen LogP contribution in [0.5, 0.6) is 0 Å². The third-order valence-corrected chi connectivity index (χ3v) is 3.87. The number of fused-ring (bicyclic) bond motifs is 1. The van der Waals surface area contributed by atoms with Crippen molar-refractivity contribution in [1.29, 1.82) is 0 Å². The Balaban J connectivity index is 1.86. The van der Waals surface area contributed by atoms with Gasteiger partial charge in [0.15, 0.2) is 0 Å². The summed E-state index contributed by atoms with van der Waals surface area (Å²) >= 11 is 0. The normalized spacial score (nSPS) is 11.1. The summed E-state index contributed by atoms with van der Waals surface area (Å²) in [5.41, 5.74) is 10.7. The Morgan fingerprint density at radius 1 is 1.00 bits per heavy atom. The van der Waals surface area contributed by atoms with E-state index < -0.39 is 0 Å². The maximum atomic E-state index is 5.72. The lowest BCUT2D eigenvalue weighted by atomic mass is 10.1. The van der Waals surface area contributed by atoms with Crippen LogP contribution in [0.2, 0.25) is 0 Å². The molecule has 1 aromatic heterocycles. The van der Waals surface area contributed by atoms with Crippen LogP contribution in [0.4, 0.5) is 5.69 Å². The fraction of sp³-hybridized carbons (Fsp3) is 0.222. The highest BCUT2D eigenvalue weighted by molar-refractivity contribution is 5.83. The fourth-order valence-electron chi connectivity index (χ4n) is 2.75. The first-order chi connectivity index (χ1) is 9.78. The van der Waals surface area contributed by atoms with Gasteiger partial charge in [-0.1, -0.05) is 37.3 Å². The van der Waals surface area contributed by atoms with Gasteiger partial charge in [-0.05, 0) is 47.6 Å². The van der Waals surface area contributed by atoms with Crippen molar-refractivity contribution in [3.8, 4) is 0 Å². The molecule has 0 saturated heterocycles. The van der Waals surface area contributed by atoms with Crippen molar-refractivity contribution in [3.63, 3.8) is 0 Å². The molecule has 1 heterocycles. The van der Waals surface area contributed by atoms with E-state index >= 15 is 0 Å². The number of nitrogens with two attached hydrogens (primary N) is 1.